The molecule has 37 heavy (non-hydrogen) atoms. The van der Waals surface area contributed by atoms with Crippen molar-refractivity contribution >= 4 is 18.0 Å². The molecule has 0 unspecified atom stereocenters. The summed E-state index contributed by atoms with van der Waals surface area (Å²) in [5.41, 5.74) is 2.29. The van der Waals surface area contributed by atoms with Crippen molar-refractivity contribution in [1.82, 2.24) is 10.6 Å². The Morgan fingerprint density at radius 3 is 2.41 bits per heavy atom. The van der Waals surface area contributed by atoms with Gasteiger partial charge in [0.2, 0.25) is 5.91 Å². The Bertz CT molecular complexity index is 1250. The van der Waals surface area contributed by atoms with Crippen LogP contribution in [-0.4, -0.2) is 44.3 Å². The molecule has 2 heterocycles. The van der Waals surface area contributed by atoms with E-state index in [1.54, 1.807) is 49.6 Å². The van der Waals surface area contributed by atoms with Gasteiger partial charge in [-0.05, 0) is 41.0 Å². The summed E-state index contributed by atoms with van der Waals surface area (Å²) in [6.45, 7) is 0.0532. The third-order valence-electron chi connectivity index (χ3n) is 5.88. The molecule has 2 N–H and O–H groups in total. The van der Waals surface area contributed by atoms with E-state index < -0.39 is 30.1 Å². The molecule has 2 atom stereocenters. The molecule has 4 bridgehead atoms. The summed E-state index contributed by atoms with van der Waals surface area (Å²) in [6.07, 6.45) is -0.448. The zero-order valence-corrected chi connectivity index (χ0v) is 20.6. The highest BCUT2D eigenvalue weighted by Gasteiger charge is 2.29. The molecule has 0 aliphatic carbocycles. The Morgan fingerprint density at radius 2 is 1.70 bits per heavy atom. The first kappa shape index (κ1) is 25.6. The average Bonchev–Trinajstić information content (AvgIpc) is 2.92. The van der Waals surface area contributed by atoms with Gasteiger partial charge in [0.05, 0.1) is 14.2 Å². The van der Waals surface area contributed by atoms with Crippen LogP contribution in [0.25, 0.3) is 0 Å². The van der Waals surface area contributed by atoms with Gasteiger partial charge < -0.3 is 29.6 Å². The molecule has 0 spiro atoms. The van der Waals surface area contributed by atoms with Crippen LogP contribution in [-0.2, 0) is 38.5 Å². The van der Waals surface area contributed by atoms with E-state index in [1.165, 1.54) is 7.11 Å². The fraction of sp³-hybridized carbons (Fsp3) is 0.250. The second-order valence-corrected chi connectivity index (χ2v) is 8.48. The number of benzene rings is 3. The Hall–Kier alpha value is -4.53. The van der Waals surface area contributed by atoms with E-state index in [2.05, 4.69) is 10.6 Å². The SMILES string of the molecule is COC(=O)[C@@H]1Cc2ccc(OC)c(c2)Oc2ccc(cc2)C[C@H](NC(=O)OCc2ccccc2)C(=O)N1. The van der Waals surface area contributed by atoms with Gasteiger partial charge in [-0.25, -0.2) is 9.59 Å². The van der Waals surface area contributed by atoms with Crippen molar-refractivity contribution in [3.05, 3.63) is 89.5 Å². The zero-order chi connectivity index (χ0) is 26.2. The van der Waals surface area contributed by atoms with Crippen LogP contribution in [0.3, 0.4) is 0 Å². The standard InChI is InChI=1S/C28H28N2O7/c1-34-24-13-10-20-15-23(27(32)35-2)29-26(31)22(30-28(33)36-17-19-6-4-3-5-7-19)14-18-8-11-21(12-9-18)37-25(24)16-20/h3-13,16,22-23H,14-15,17H2,1-2H3,(H,29,31)(H,30,33)/t22-,23-/m0/s1. The van der Waals surface area contributed by atoms with Gasteiger partial charge in [-0.2, -0.15) is 0 Å². The molecule has 9 heteroatoms. The van der Waals surface area contributed by atoms with Crippen LogP contribution >= 0.6 is 0 Å². The van der Waals surface area contributed by atoms with Gasteiger partial charge in [0.1, 0.15) is 24.4 Å². The van der Waals surface area contributed by atoms with E-state index in [1.807, 2.05) is 30.3 Å². The van der Waals surface area contributed by atoms with Gasteiger partial charge in [-0.3, -0.25) is 4.79 Å². The molecular weight excluding hydrogens is 476 g/mol. The smallest absolute Gasteiger partial charge is 0.408 e. The van der Waals surface area contributed by atoms with Gasteiger partial charge in [-0.1, -0.05) is 48.5 Å². The highest BCUT2D eigenvalue weighted by molar-refractivity contribution is 5.90. The Morgan fingerprint density at radius 1 is 0.973 bits per heavy atom. The first-order valence-electron chi connectivity index (χ1n) is 11.7. The first-order chi connectivity index (χ1) is 17.9. The summed E-state index contributed by atoms with van der Waals surface area (Å²) in [5, 5.41) is 5.35. The minimum absolute atomic E-state index is 0.0532. The largest absolute Gasteiger partial charge is 0.493 e. The maximum Gasteiger partial charge on any atom is 0.408 e. The van der Waals surface area contributed by atoms with E-state index in [-0.39, 0.29) is 19.4 Å². The zero-order valence-electron chi connectivity index (χ0n) is 20.6. The predicted octanol–water partition coefficient (Wildman–Crippen LogP) is 3.54. The van der Waals surface area contributed by atoms with Crippen LogP contribution in [0, 0.1) is 0 Å². The summed E-state index contributed by atoms with van der Waals surface area (Å²) >= 11 is 0. The van der Waals surface area contributed by atoms with Gasteiger partial charge in [0.15, 0.2) is 11.5 Å². The number of nitrogens with one attached hydrogen (secondary N) is 2. The topological polar surface area (TPSA) is 112 Å². The minimum Gasteiger partial charge on any atom is -0.493 e. The van der Waals surface area contributed by atoms with Crippen molar-refractivity contribution in [3.63, 3.8) is 0 Å². The van der Waals surface area contributed by atoms with Crippen molar-refractivity contribution in [3.8, 4) is 17.2 Å². The second-order valence-electron chi connectivity index (χ2n) is 8.48. The molecule has 3 aromatic carbocycles. The minimum atomic E-state index is -1.00. The Labute approximate surface area is 214 Å². The third kappa shape index (κ3) is 6.78. The highest BCUT2D eigenvalue weighted by atomic mass is 16.5. The highest BCUT2D eigenvalue weighted by Crippen LogP contribution is 2.33. The Kier molecular flexibility index (Phi) is 8.25. The van der Waals surface area contributed by atoms with Crippen LogP contribution in [0.4, 0.5) is 4.79 Å². The quantitative estimate of drug-likeness (QED) is 0.511. The molecule has 2 aliphatic heterocycles. The number of carbonyl (C=O) groups excluding carboxylic acids is 3. The van der Waals surface area contributed by atoms with Crippen molar-refractivity contribution in [2.45, 2.75) is 31.5 Å². The molecule has 0 saturated carbocycles. The molecule has 5 rings (SSSR count). The summed E-state index contributed by atoms with van der Waals surface area (Å²) in [5.74, 6) is 0.403. The molecule has 2 aliphatic rings. The van der Waals surface area contributed by atoms with E-state index >= 15 is 0 Å². The number of carbonyl (C=O) groups is 3. The van der Waals surface area contributed by atoms with Crippen LogP contribution in [0.2, 0.25) is 0 Å². The number of fused-ring (bicyclic) bond motifs is 7. The second kappa shape index (κ2) is 11.9. The number of esters is 1. The van der Waals surface area contributed by atoms with Gasteiger partial charge in [0, 0.05) is 12.8 Å². The lowest BCUT2D eigenvalue weighted by Gasteiger charge is -2.23. The summed E-state index contributed by atoms with van der Waals surface area (Å²) in [4.78, 5) is 38.4. The summed E-state index contributed by atoms with van der Waals surface area (Å²) in [6, 6.07) is 19.6. The number of methoxy groups -OCH3 is 2. The number of hydrogen-bond acceptors (Lipinski definition) is 7. The predicted molar refractivity (Wildman–Crippen MR) is 134 cm³/mol. The molecular formula is C28H28N2O7. The monoisotopic (exact) mass is 504 g/mol. The number of amides is 2. The summed E-state index contributed by atoms with van der Waals surface area (Å²) < 4.78 is 21.7. The fourth-order valence-electron chi connectivity index (χ4n) is 3.94. The van der Waals surface area contributed by atoms with Crippen LogP contribution in [0.15, 0.2) is 72.8 Å². The van der Waals surface area contributed by atoms with Gasteiger partial charge in [-0.15, -0.1) is 0 Å². The summed E-state index contributed by atoms with van der Waals surface area (Å²) in [7, 11) is 2.79. The molecule has 0 saturated heterocycles. The van der Waals surface area contributed by atoms with E-state index in [0.717, 1.165) is 11.1 Å². The fourth-order valence-corrected chi connectivity index (χ4v) is 3.94. The number of rotatable bonds is 5. The van der Waals surface area contributed by atoms with Gasteiger partial charge >= 0.3 is 12.1 Å². The Balaban J connectivity index is 1.60. The number of ether oxygens (including phenoxy) is 4. The molecule has 3 aromatic rings. The van der Waals surface area contributed by atoms with Crippen molar-refractivity contribution in [2.24, 2.45) is 0 Å². The van der Waals surface area contributed by atoms with Crippen molar-refractivity contribution < 1.29 is 33.3 Å². The average molecular weight is 505 g/mol. The van der Waals surface area contributed by atoms with Crippen LogP contribution in [0.5, 0.6) is 17.2 Å². The van der Waals surface area contributed by atoms with Crippen molar-refractivity contribution in [1.29, 1.82) is 0 Å². The lowest BCUT2D eigenvalue weighted by molar-refractivity contribution is -0.145. The molecule has 0 aromatic heterocycles. The van der Waals surface area contributed by atoms with Crippen molar-refractivity contribution in [2.75, 3.05) is 14.2 Å². The van der Waals surface area contributed by atoms with E-state index in [0.29, 0.717) is 22.8 Å². The first-order valence-corrected chi connectivity index (χ1v) is 11.7. The maximum absolute atomic E-state index is 13.3. The molecule has 9 nitrogen and oxygen atoms in total. The third-order valence-corrected chi connectivity index (χ3v) is 5.88. The van der Waals surface area contributed by atoms with Gasteiger partial charge in [0.25, 0.3) is 0 Å². The molecule has 192 valence electrons. The molecule has 0 fully saturated rings. The molecule has 2 amide bonds. The normalized spacial score (nSPS) is 17.0. The van der Waals surface area contributed by atoms with E-state index in [4.69, 9.17) is 18.9 Å². The number of alkyl carbamates (subject to hydrolysis) is 1. The molecule has 0 radical (unpaired) electrons. The van der Waals surface area contributed by atoms with Crippen LogP contribution in [0.1, 0.15) is 16.7 Å². The maximum atomic E-state index is 13.3. The number of hydrogen-bond donors (Lipinski definition) is 2. The lowest BCUT2D eigenvalue weighted by Crippen LogP contribution is -2.53. The van der Waals surface area contributed by atoms with E-state index in [9.17, 15) is 14.4 Å². The lowest BCUT2D eigenvalue weighted by atomic mass is 10.0. The van der Waals surface area contributed by atoms with Crippen LogP contribution < -0.4 is 20.1 Å².